The molecule has 0 aliphatic carbocycles. The second-order valence-electron chi connectivity index (χ2n) is 18.3. The van der Waals surface area contributed by atoms with Gasteiger partial charge in [0, 0.05) is 6.42 Å². The molecule has 372 valence electrons. The lowest BCUT2D eigenvalue weighted by atomic mass is 10.0. The lowest BCUT2D eigenvalue weighted by Gasteiger charge is -2.22. The minimum atomic E-state index is -0.663. The molecule has 0 fully saturated rings. The van der Waals surface area contributed by atoms with Crippen molar-refractivity contribution in [1.82, 2.24) is 5.32 Å². The molecule has 0 aliphatic heterocycles. The van der Waals surface area contributed by atoms with Gasteiger partial charge in [0.05, 0.1) is 18.8 Å². The van der Waals surface area contributed by atoms with Gasteiger partial charge >= 0.3 is 0 Å². The van der Waals surface area contributed by atoms with Crippen LogP contribution < -0.4 is 5.32 Å². The maximum Gasteiger partial charge on any atom is 0.220 e. The molecule has 1 amide bonds. The summed E-state index contributed by atoms with van der Waals surface area (Å²) in [5.41, 5.74) is 0. The van der Waals surface area contributed by atoms with Gasteiger partial charge in [-0.1, -0.05) is 271 Å². The number of unbranched alkanes of at least 4 members (excludes halogenated alkanes) is 24. The number of nitrogens with one attached hydrogen (secondary N) is 1. The van der Waals surface area contributed by atoms with Crippen LogP contribution in [0.2, 0.25) is 0 Å². The van der Waals surface area contributed by atoms with Gasteiger partial charge in [0.15, 0.2) is 0 Å². The minimum Gasteiger partial charge on any atom is -0.394 e. The van der Waals surface area contributed by atoms with E-state index in [1.54, 1.807) is 0 Å². The molecule has 0 aromatic carbocycles. The van der Waals surface area contributed by atoms with Gasteiger partial charge in [0.1, 0.15) is 0 Å². The normalized spacial score (nSPS) is 13.7. The zero-order valence-electron chi connectivity index (χ0n) is 42.7. The van der Waals surface area contributed by atoms with Crippen molar-refractivity contribution in [2.75, 3.05) is 6.61 Å². The van der Waals surface area contributed by atoms with Gasteiger partial charge in [-0.15, -0.1) is 0 Å². The van der Waals surface area contributed by atoms with E-state index in [-0.39, 0.29) is 12.5 Å². The second-order valence-corrected chi connectivity index (χ2v) is 18.3. The van der Waals surface area contributed by atoms with E-state index in [9.17, 15) is 15.0 Å². The fourth-order valence-electron chi connectivity index (χ4n) is 7.88. The van der Waals surface area contributed by atoms with E-state index in [2.05, 4.69) is 129 Å². The Labute approximate surface area is 404 Å². The smallest absolute Gasteiger partial charge is 0.220 e. The van der Waals surface area contributed by atoms with Crippen LogP contribution in [0.4, 0.5) is 0 Å². The second kappa shape index (κ2) is 55.4. The number of aliphatic hydroxyl groups is 2. The molecule has 4 heteroatoms. The van der Waals surface area contributed by atoms with Gasteiger partial charge in [-0.25, -0.2) is 0 Å². The largest absolute Gasteiger partial charge is 0.394 e. The first-order chi connectivity index (χ1) is 32.2. The molecule has 0 spiro atoms. The van der Waals surface area contributed by atoms with Crippen LogP contribution in [0.1, 0.15) is 251 Å². The molecule has 0 saturated carbocycles. The van der Waals surface area contributed by atoms with E-state index in [0.29, 0.717) is 12.8 Å². The summed E-state index contributed by atoms with van der Waals surface area (Å²) in [6.45, 7) is 4.23. The number of aliphatic hydroxyl groups excluding tert-OH is 2. The standard InChI is InChI=1S/C61H105NO3/c1-3-5-7-9-11-13-15-17-18-19-20-21-22-23-24-25-26-27-28-29-30-31-32-33-34-35-36-37-38-39-40-41-42-43-44-45-47-49-51-53-55-57-61(65)62-59(58-63)60(64)56-54-52-50-48-46-16-14-12-10-8-6-4-2/h5,7,11,13,17-18,20-21,23-24,26-27,29-30,32-33,35-36,59-60,63-64H,3-4,6,8-10,12,14-16,19,22,25,28,31,34,37-58H2,1-2H3,(H,62,65)/b7-5-,13-11-,18-17-,21-20-,24-23-,27-26-,30-29-,33-32-,36-35-. The van der Waals surface area contributed by atoms with Crippen LogP contribution in [0.25, 0.3) is 0 Å². The van der Waals surface area contributed by atoms with E-state index >= 15 is 0 Å². The summed E-state index contributed by atoms with van der Waals surface area (Å²) < 4.78 is 0. The van der Waals surface area contributed by atoms with Crippen LogP contribution in [0.5, 0.6) is 0 Å². The number of allylic oxidation sites excluding steroid dienone is 18. The maximum absolute atomic E-state index is 12.4. The third kappa shape index (κ3) is 51.9. The van der Waals surface area contributed by atoms with Crippen LogP contribution in [0.15, 0.2) is 109 Å². The number of carbonyl (C=O) groups is 1. The Kier molecular flexibility index (Phi) is 52.9. The first-order valence-electron chi connectivity index (χ1n) is 27.6. The zero-order chi connectivity index (χ0) is 47.0. The number of amides is 1. The van der Waals surface area contributed by atoms with Gasteiger partial charge in [-0.3, -0.25) is 4.79 Å². The van der Waals surface area contributed by atoms with Crippen LogP contribution in [0.3, 0.4) is 0 Å². The highest BCUT2D eigenvalue weighted by atomic mass is 16.3. The highest BCUT2D eigenvalue weighted by Gasteiger charge is 2.20. The Morgan fingerprint density at radius 2 is 0.677 bits per heavy atom. The molecule has 0 radical (unpaired) electrons. The molecule has 0 bridgehead atoms. The quantitative estimate of drug-likeness (QED) is 0.0421. The Morgan fingerprint density at radius 3 is 1.02 bits per heavy atom. The topological polar surface area (TPSA) is 69.6 Å². The van der Waals surface area contributed by atoms with Gasteiger partial charge < -0.3 is 15.5 Å². The van der Waals surface area contributed by atoms with E-state index < -0.39 is 12.1 Å². The van der Waals surface area contributed by atoms with Crippen molar-refractivity contribution >= 4 is 5.91 Å². The van der Waals surface area contributed by atoms with Gasteiger partial charge in [0.25, 0.3) is 0 Å². The van der Waals surface area contributed by atoms with E-state index in [1.807, 2.05) is 0 Å². The lowest BCUT2D eigenvalue weighted by molar-refractivity contribution is -0.123. The molecule has 65 heavy (non-hydrogen) atoms. The van der Waals surface area contributed by atoms with Crippen molar-refractivity contribution in [1.29, 1.82) is 0 Å². The Morgan fingerprint density at radius 1 is 0.385 bits per heavy atom. The molecular formula is C61H105NO3. The predicted octanol–water partition coefficient (Wildman–Crippen LogP) is 18.3. The summed E-state index contributed by atoms with van der Waals surface area (Å²) in [7, 11) is 0. The third-order valence-corrected chi connectivity index (χ3v) is 12.0. The lowest BCUT2D eigenvalue weighted by Crippen LogP contribution is -2.45. The van der Waals surface area contributed by atoms with Gasteiger partial charge in [-0.2, -0.15) is 0 Å². The molecule has 4 nitrogen and oxygen atoms in total. The highest BCUT2D eigenvalue weighted by molar-refractivity contribution is 5.76. The molecule has 2 atom stereocenters. The summed E-state index contributed by atoms with van der Waals surface area (Å²) in [5, 5.41) is 23.2. The molecular weight excluding hydrogens is 795 g/mol. The molecule has 0 aromatic heterocycles. The fraction of sp³-hybridized carbons (Fsp3) is 0.689. The van der Waals surface area contributed by atoms with Crippen LogP contribution >= 0.6 is 0 Å². The maximum atomic E-state index is 12.4. The number of rotatable bonds is 49. The van der Waals surface area contributed by atoms with Gasteiger partial charge in [-0.05, 0) is 83.5 Å². The average molecular weight is 901 g/mol. The molecule has 0 aromatic rings. The van der Waals surface area contributed by atoms with Crippen molar-refractivity contribution in [2.24, 2.45) is 0 Å². The van der Waals surface area contributed by atoms with Crippen LogP contribution in [-0.4, -0.2) is 34.9 Å². The van der Waals surface area contributed by atoms with E-state index in [1.165, 1.54) is 141 Å². The molecule has 0 heterocycles. The van der Waals surface area contributed by atoms with Crippen molar-refractivity contribution in [2.45, 2.75) is 264 Å². The zero-order valence-corrected chi connectivity index (χ0v) is 42.7. The van der Waals surface area contributed by atoms with Crippen LogP contribution in [-0.2, 0) is 4.79 Å². The molecule has 3 N–H and O–H groups in total. The number of hydrogen-bond donors (Lipinski definition) is 3. The van der Waals surface area contributed by atoms with E-state index in [0.717, 1.165) is 83.5 Å². The fourth-order valence-corrected chi connectivity index (χ4v) is 7.88. The average Bonchev–Trinajstić information content (AvgIpc) is 3.31. The van der Waals surface area contributed by atoms with Gasteiger partial charge in [0.2, 0.25) is 5.91 Å². The number of hydrogen-bond acceptors (Lipinski definition) is 3. The molecule has 0 saturated heterocycles. The Balaban J connectivity index is 3.53. The predicted molar refractivity (Wildman–Crippen MR) is 289 cm³/mol. The summed E-state index contributed by atoms with van der Waals surface area (Å²) in [5.74, 6) is -0.0366. The van der Waals surface area contributed by atoms with Crippen molar-refractivity contribution < 1.29 is 15.0 Å². The number of carbonyl (C=O) groups excluding carboxylic acids is 1. The highest BCUT2D eigenvalue weighted by Crippen LogP contribution is 2.16. The van der Waals surface area contributed by atoms with Crippen molar-refractivity contribution in [3.05, 3.63) is 109 Å². The summed E-state index contributed by atoms with van der Waals surface area (Å²) in [6, 6.07) is -0.541. The molecule has 0 aliphatic rings. The molecule has 0 rings (SSSR count). The first kappa shape index (κ1) is 62.1. The molecule has 2 unspecified atom stereocenters. The van der Waals surface area contributed by atoms with Crippen molar-refractivity contribution in [3.63, 3.8) is 0 Å². The monoisotopic (exact) mass is 900 g/mol. The SMILES string of the molecule is CC/C=C\C/C=C\C/C=C\C/C=C\C/C=C\C/C=C\C/C=C\C/C=C\C/C=C\CCCCCCCCCCCCCCCC(=O)NC(CO)C(O)CCCCCCCCCCCCCC. The summed E-state index contributed by atoms with van der Waals surface area (Å²) >= 11 is 0. The Hall–Kier alpha value is -2.95. The van der Waals surface area contributed by atoms with Crippen LogP contribution in [0, 0.1) is 0 Å². The first-order valence-corrected chi connectivity index (χ1v) is 27.6. The van der Waals surface area contributed by atoms with Crippen molar-refractivity contribution in [3.8, 4) is 0 Å². The summed E-state index contributed by atoms with van der Waals surface area (Å²) in [6.07, 6.45) is 83.5. The third-order valence-electron chi connectivity index (χ3n) is 12.0. The minimum absolute atomic E-state index is 0.0366. The summed E-state index contributed by atoms with van der Waals surface area (Å²) in [4.78, 5) is 12.4. The van der Waals surface area contributed by atoms with E-state index in [4.69, 9.17) is 0 Å². The Bertz CT molecular complexity index is 1250.